The highest BCUT2D eigenvalue weighted by Gasteiger charge is 2.13. The molecule has 0 radical (unpaired) electrons. The zero-order valence-corrected chi connectivity index (χ0v) is 17.0. The van der Waals surface area contributed by atoms with Gasteiger partial charge in [0, 0.05) is 5.39 Å². The molecule has 1 atom stereocenters. The van der Waals surface area contributed by atoms with Crippen LogP contribution < -0.4 is 9.47 Å². The first kappa shape index (κ1) is 20.8. The number of benzene rings is 3. The molecule has 0 spiro atoms. The van der Waals surface area contributed by atoms with Crippen molar-refractivity contribution < 1.29 is 27.2 Å². The fraction of sp³-hybridized carbons (Fsp3) is 0.227. The molecule has 0 aliphatic carbocycles. The van der Waals surface area contributed by atoms with E-state index < -0.39 is 16.1 Å². The summed E-state index contributed by atoms with van der Waals surface area (Å²) in [6, 6.07) is 16.7. The standard InChI is InChI=1S/C22H22O6S/c1-3-15(2)18-6-4-8-20-19(18)7-5-9-21(20)27-14-22(23)28-16-10-12-17(13-11-16)29(24,25)26/h4-13,15H,3,14H2,1-2H3,(H,24,25,26). The number of carbonyl (C=O) groups excluding carboxylic acids is 1. The van der Waals surface area contributed by atoms with Crippen molar-refractivity contribution >= 4 is 26.9 Å². The fourth-order valence-electron chi connectivity index (χ4n) is 3.06. The Bertz CT molecular complexity index is 1120. The van der Waals surface area contributed by atoms with Crippen LogP contribution in [0, 0.1) is 0 Å². The van der Waals surface area contributed by atoms with E-state index in [9.17, 15) is 13.2 Å². The highest BCUT2D eigenvalue weighted by Crippen LogP contribution is 2.32. The number of ether oxygens (including phenoxy) is 2. The Hall–Kier alpha value is -2.90. The van der Waals surface area contributed by atoms with Crippen molar-refractivity contribution in [3.8, 4) is 11.5 Å². The quantitative estimate of drug-likeness (QED) is 0.346. The highest BCUT2D eigenvalue weighted by atomic mass is 32.2. The van der Waals surface area contributed by atoms with Crippen molar-refractivity contribution in [3.05, 3.63) is 66.2 Å². The molecule has 3 aromatic rings. The van der Waals surface area contributed by atoms with Crippen molar-refractivity contribution in [1.82, 2.24) is 0 Å². The molecule has 3 rings (SSSR count). The molecule has 0 aliphatic rings. The number of hydrogen-bond donors (Lipinski definition) is 1. The minimum absolute atomic E-state index is 0.156. The average Bonchev–Trinajstić information content (AvgIpc) is 2.71. The van der Waals surface area contributed by atoms with E-state index in [1.54, 1.807) is 6.07 Å². The van der Waals surface area contributed by atoms with Gasteiger partial charge in [0.15, 0.2) is 6.61 Å². The van der Waals surface area contributed by atoms with Gasteiger partial charge in [-0.15, -0.1) is 0 Å². The molecule has 0 aliphatic heterocycles. The van der Waals surface area contributed by atoms with Crippen molar-refractivity contribution in [2.45, 2.75) is 31.1 Å². The summed E-state index contributed by atoms with van der Waals surface area (Å²) in [5, 5.41) is 2.02. The Kier molecular flexibility index (Phi) is 6.20. The van der Waals surface area contributed by atoms with Gasteiger partial charge in [0.1, 0.15) is 11.5 Å². The van der Waals surface area contributed by atoms with Crippen LogP contribution in [-0.4, -0.2) is 25.5 Å². The van der Waals surface area contributed by atoms with E-state index in [0.717, 1.165) is 29.3 Å². The molecule has 6 nitrogen and oxygen atoms in total. The molecular formula is C22H22O6S. The van der Waals surface area contributed by atoms with Crippen LogP contribution in [0.5, 0.6) is 11.5 Å². The normalized spacial score (nSPS) is 12.5. The van der Waals surface area contributed by atoms with E-state index >= 15 is 0 Å². The van der Waals surface area contributed by atoms with Gasteiger partial charge in [0.25, 0.3) is 10.1 Å². The van der Waals surface area contributed by atoms with Gasteiger partial charge < -0.3 is 9.47 Å². The average molecular weight is 414 g/mol. The van der Waals surface area contributed by atoms with E-state index in [1.165, 1.54) is 17.7 Å². The number of esters is 1. The minimum atomic E-state index is -4.29. The molecule has 1 unspecified atom stereocenters. The van der Waals surface area contributed by atoms with Crippen molar-refractivity contribution in [1.29, 1.82) is 0 Å². The monoisotopic (exact) mass is 414 g/mol. The van der Waals surface area contributed by atoms with E-state index in [4.69, 9.17) is 14.0 Å². The second kappa shape index (κ2) is 8.63. The summed E-state index contributed by atoms with van der Waals surface area (Å²) in [6.07, 6.45) is 1.02. The lowest BCUT2D eigenvalue weighted by atomic mass is 9.93. The van der Waals surface area contributed by atoms with Crippen molar-refractivity contribution in [3.63, 3.8) is 0 Å². The third kappa shape index (κ3) is 4.93. The maximum absolute atomic E-state index is 12.1. The van der Waals surface area contributed by atoms with Crippen molar-refractivity contribution in [2.24, 2.45) is 0 Å². The molecule has 0 saturated carbocycles. The van der Waals surface area contributed by atoms with Crippen LogP contribution in [0.1, 0.15) is 31.7 Å². The first-order chi connectivity index (χ1) is 13.8. The van der Waals surface area contributed by atoms with E-state index in [1.807, 2.05) is 24.3 Å². The lowest BCUT2D eigenvalue weighted by Crippen LogP contribution is -2.17. The largest absolute Gasteiger partial charge is 0.481 e. The zero-order valence-electron chi connectivity index (χ0n) is 16.2. The molecule has 0 amide bonds. The Labute approximate surface area is 169 Å². The molecule has 3 aromatic carbocycles. The Morgan fingerprint density at radius 2 is 1.66 bits per heavy atom. The summed E-state index contributed by atoms with van der Waals surface area (Å²) in [7, 11) is -4.29. The molecule has 29 heavy (non-hydrogen) atoms. The van der Waals surface area contributed by atoms with Gasteiger partial charge >= 0.3 is 5.97 Å². The first-order valence-electron chi connectivity index (χ1n) is 9.22. The van der Waals surface area contributed by atoms with Crippen LogP contribution in [-0.2, 0) is 14.9 Å². The molecule has 0 fully saturated rings. The van der Waals surface area contributed by atoms with Crippen LogP contribution in [0.2, 0.25) is 0 Å². The summed E-state index contributed by atoms with van der Waals surface area (Å²) in [6.45, 7) is 4.02. The first-order valence-corrected chi connectivity index (χ1v) is 10.7. The van der Waals surface area contributed by atoms with Gasteiger partial charge in [-0.3, -0.25) is 4.55 Å². The van der Waals surface area contributed by atoms with Crippen molar-refractivity contribution in [2.75, 3.05) is 6.61 Å². The predicted octanol–water partition coefficient (Wildman–Crippen LogP) is 4.58. The van der Waals surface area contributed by atoms with Crippen LogP contribution in [0.15, 0.2) is 65.6 Å². The molecular weight excluding hydrogens is 392 g/mol. The second-order valence-corrected chi connectivity index (χ2v) is 8.14. The molecule has 0 heterocycles. The van der Waals surface area contributed by atoms with Crippen LogP contribution in [0.4, 0.5) is 0 Å². The molecule has 1 N–H and O–H groups in total. The fourth-order valence-corrected chi connectivity index (χ4v) is 3.54. The number of fused-ring (bicyclic) bond motifs is 1. The minimum Gasteiger partial charge on any atom is -0.481 e. The third-order valence-corrected chi connectivity index (χ3v) is 5.63. The van der Waals surface area contributed by atoms with E-state index in [-0.39, 0.29) is 17.3 Å². The maximum atomic E-state index is 12.1. The third-order valence-electron chi connectivity index (χ3n) is 4.76. The van der Waals surface area contributed by atoms with Gasteiger partial charge in [-0.05, 0) is 53.6 Å². The van der Waals surface area contributed by atoms with Gasteiger partial charge in [-0.25, -0.2) is 4.79 Å². The molecule has 0 aromatic heterocycles. The van der Waals surface area contributed by atoms with Gasteiger partial charge in [0.2, 0.25) is 0 Å². The molecule has 0 bridgehead atoms. The summed E-state index contributed by atoms with van der Waals surface area (Å²) >= 11 is 0. The molecule has 152 valence electrons. The molecule has 7 heteroatoms. The van der Waals surface area contributed by atoms with Gasteiger partial charge in [0.05, 0.1) is 4.90 Å². The maximum Gasteiger partial charge on any atom is 0.349 e. The number of rotatable bonds is 7. The number of carbonyl (C=O) groups is 1. The Morgan fingerprint density at radius 3 is 2.31 bits per heavy atom. The van der Waals surface area contributed by atoms with E-state index in [0.29, 0.717) is 11.7 Å². The summed E-state index contributed by atoms with van der Waals surface area (Å²) in [5.41, 5.74) is 1.23. The van der Waals surface area contributed by atoms with E-state index in [2.05, 4.69) is 19.9 Å². The molecule has 0 saturated heterocycles. The Balaban J connectivity index is 1.71. The highest BCUT2D eigenvalue weighted by molar-refractivity contribution is 7.85. The lowest BCUT2D eigenvalue weighted by Gasteiger charge is -2.15. The SMILES string of the molecule is CCC(C)c1cccc2c(OCC(=O)Oc3ccc(S(=O)(=O)O)cc3)cccc12. The zero-order chi connectivity index (χ0) is 21.0. The lowest BCUT2D eigenvalue weighted by molar-refractivity contribution is -0.136. The van der Waals surface area contributed by atoms with Crippen LogP contribution in [0.25, 0.3) is 10.8 Å². The predicted molar refractivity (Wildman–Crippen MR) is 110 cm³/mol. The second-order valence-electron chi connectivity index (χ2n) is 6.72. The smallest absolute Gasteiger partial charge is 0.349 e. The van der Waals surface area contributed by atoms with Crippen LogP contribution in [0.3, 0.4) is 0 Å². The summed E-state index contributed by atoms with van der Waals surface area (Å²) < 4.78 is 41.9. The number of hydrogen-bond acceptors (Lipinski definition) is 5. The van der Waals surface area contributed by atoms with Gasteiger partial charge in [-0.1, -0.05) is 44.2 Å². The summed E-state index contributed by atoms with van der Waals surface area (Å²) in [5.74, 6) is 0.526. The van der Waals surface area contributed by atoms with Gasteiger partial charge in [-0.2, -0.15) is 8.42 Å². The Morgan fingerprint density at radius 1 is 1.00 bits per heavy atom. The topological polar surface area (TPSA) is 89.9 Å². The van der Waals surface area contributed by atoms with Crippen LogP contribution >= 0.6 is 0 Å². The summed E-state index contributed by atoms with van der Waals surface area (Å²) in [4.78, 5) is 11.8.